The third-order valence-corrected chi connectivity index (χ3v) is 5.73. The van der Waals surface area contributed by atoms with E-state index in [2.05, 4.69) is 34.3 Å². The zero-order valence-electron chi connectivity index (χ0n) is 14.8. The molecule has 3 rings (SSSR count). The summed E-state index contributed by atoms with van der Waals surface area (Å²) in [6.07, 6.45) is 4.95. The van der Waals surface area contributed by atoms with Gasteiger partial charge in [0.1, 0.15) is 0 Å². The lowest BCUT2D eigenvalue weighted by molar-refractivity contribution is -0.0188. The van der Waals surface area contributed by atoms with Gasteiger partial charge in [0.15, 0.2) is 0 Å². The highest BCUT2D eigenvalue weighted by atomic mass is 16.5. The second-order valence-corrected chi connectivity index (χ2v) is 7.58. The van der Waals surface area contributed by atoms with E-state index in [0.717, 1.165) is 64.3 Å². The second kappa shape index (κ2) is 8.39. The van der Waals surface area contributed by atoms with E-state index < -0.39 is 0 Å². The van der Waals surface area contributed by atoms with Gasteiger partial charge in [0.25, 0.3) is 0 Å². The molecule has 2 aliphatic rings. The molecule has 5 nitrogen and oxygen atoms in total. The normalized spacial score (nSPS) is 27.9. The molecule has 0 bridgehead atoms. The molecule has 2 N–H and O–H groups in total. The van der Waals surface area contributed by atoms with Crippen molar-refractivity contribution >= 4 is 0 Å². The summed E-state index contributed by atoms with van der Waals surface area (Å²) in [5, 5.41) is 13.6. The van der Waals surface area contributed by atoms with Crippen molar-refractivity contribution in [2.75, 3.05) is 39.5 Å². The number of nitrogens with zero attached hydrogens (tertiary/aromatic N) is 2. The van der Waals surface area contributed by atoms with Crippen molar-refractivity contribution in [3.63, 3.8) is 0 Å². The number of hydrogen-bond donors (Lipinski definition) is 2. The van der Waals surface area contributed by atoms with E-state index in [1.165, 1.54) is 0 Å². The molecule has 0 amide bonds. The molecule has 2 aliphatic heterocycles. The number of likely N-dealkylation sites (tertiary alicyclic amines) is 1. The molecule has 24 heavy (non-hydrogen) atoms. The molecule has 2 saturated heterocycles. The Hall–Kier alpha value is -1.01. The highest BCUT2D eigenvalue weighted by Gasteiger charge is 2.34. The van der Waals surface area contributed by atoms with Crippen LogP contribution in [0.3, 0.4) is 0 Å². The quantitative estimate of drug-likeness (QED) is 0.829. The molecule has 3 heterocycles. The van der Waals surface area contributed by atoms with Crippen LogP contribution in [0.15, 0.2) is 24.4 Å². The van der Waals surface area contributed by atoms with E-state index in [1.807, 2.05) is 12.3 Å². The minimum absolute atomic E-state index is 0.0169. The minimum atomic E-state index is 0.0169. The van der Waals surface area contributed by atoms with Crippen molar-refractivity contribution in [1.29, 1.82) is 0 Å². The summed E-state index contributed by atoms with van der Waals surface area (Å²) >= 11 is 0. The third-order valence-electron chi connectivity index (χ3n) is 5.73. The fraction of sp³-hybridized carbons (Fsp3) is 0.737. The smallest absolute Gasteiger partial charge is 0.0543 e. The molecule has 0 aromatic carbocycles. The highest BCUT2D eigenvalue weighted by Crippen LogP contribution is 2.30. The molecule has 0 radical (unpaired) electrons. The van der Waals surface area contributed by atoms with Gasteiger partial charge in [-0.3, -0.25) is 9.88 Å². The van der Waals surface area contributed by atoms with Crippen LogP contribution in [0, 0.1) is 11.3 Å². The lowest BCUT2D eigenvalue weighted by atomic mass is 9.80. The number of piperidine rings is 1. The highest BCUT2D eigenvalue weighted by molar-refractivity contribution is 5.03. The van der Waals surface area contributed by atoms with Crippen molar-refractivity contribution in [3.05, 3.63) is 30.1 Å². The van der Waals surface area contributed by atoms with Crippen molar-refractivity contribution < 1.29 is 9.84 Å². The summed E-state index contributed by atoms with van der Waals surface area (Å²) in [5.41, 5.74) is 1.17. The van der Waals surface area contributed by atoms with E-state index in [1.54, 1.807) is 0 Å². The van der Waals surface area contributed by atoms with E-state index in [-0.39, 0.29) is 12.0 Å². The van der Waals surface area contributed by atoms with Gasteiger partial charge in [-0.25, -0.2) is 0 Å². The van der Waals surface area contributed by atoms with Crippen LogP contribution in [0.1, 0.15) is 31.9 Å². The lowest BCUT2D eigenvalue weighted by Gasteiger charge is -2.41. The first-order valence-corrected chi connectivity index (χ1v) is 9.25. The monoisotopic (exact) mass is 333 g/mol. The van der Waals surface area contributed by atoms with Crippen molar-refractivity contribution in [1.82, 2.24) is 15.2 Å². The fourth-order valence-corrected chi connectivity index (χ4v) is 3.94. The van der Waals surface area contributed by atoms with E-state index in [4.69, 9.17) is 4.74 Å². The summed E-state index contributed by atoms with van der Waals surface area (Å²) in [6, 6.07) is 6.67. The lowest BCUT2D eigenvalue weighted by Crippen LogP contribution is -2.52. The number of rotatable bonds is 6. The molecule has 2 atom stereocenters. The molecule has 0 saturated carbocycles. The SMILES string of the molecule is CC1CN(Cc2ccccn2)CCC1NCC1(CO)CCOCC1. The van der Waals surface area contributed by atoms with Gasteiger partial charge in [0.2, 0.25) is 0 Å². The summed E-state index contributed by atoms with van der Waals surface area (Å²) in [4.78, 5) is 6.94. The van der Waals surface area contributed by atoms with Gasteiger partial charge in [0, 0.05) is 57.0 Å². The first-order chi connectivity index (χ1) is 11.7. The number of nitrogens with one attached hydrogen (secondary N) is 1. The van der Waals surface area contributed by atoms with Crippen LogP contribution in [-0.2, 0) is 11.3 Å². The minimum Gasteiger partial charge on any atom is -0.396 e. The summed E-state index contributed by atoms with van der Waals surface area (Å²) < 4.78 is 5.46. The molecule has 2 fully saturated rings. The molecule has 5 heteroatoms. The predicted molar refractivity (Wildman–Crippen MR) is 94.7 cm³/mol. The molecule has 0 spiro atoms. The van der Waals surface area contributed by atoms with Gasteiger partial charge in [-0.2, -0.15) is 0 Å². The maximum absolute atomic E-state index is 9.83. The van der Waals surface area contributed by atoms with Crippen LogP contribution in [0.5, 0.6) is 0 Å². The van der Waals surface area contributed by atoms with Gasteiger partial charge in [-0.1, -0.05) is 13.0 Å². The standard InChI is InChI=1S/C19H31N3O2/c1-16-12-22(13-17-4-2-3-8-20-17)9-5-18(16)21-14-19(15-23)6-10-24-11-7-19/h2-4,8,16,18,21,23H,5-7,9-15H2,1H3. The maximum atomic E-state index is 9.83. The Balaban J connectivity index is 1.47. The van der Waals surface area contributed by atoms with Gasteiger partial charge in [-0.05, 0) is 37.3 Å². The molecular formula is C19H31N3O2. The van der Waals surface area contributed by atoms with Crippen molar-refractivity contribution in [2.45, 2.75) is 38.8 Å². The summed E-state index contributed by atoms with van der Waals surface area (Å²) in [5.74, 6) is 0.609. The first-order valence-electron chi connectivity index (χ1n) is 9.25. The van der Waals surface area contributed by atoms with E-state index >= 15 is 0 Å². The largest absolute Gasteiger partial charge is 0.396 e. The number of aliphatic hydroxyl groups excluding tert-OH is 1. The first kappa shape index (κ1) is 17.8. The molecular weight excluding hydrogens is 302 g/mol. The maximum Gasteiger partial charge on any atom is 0.0543 e. The topological polar surface area (TPSA) is 57.6 Å². The number of hydrogen-bond acceptors (Lipinski definition) is 5. The van der Waals surface area contributed by atoms with Crippen LogP contribution in [0.25, 0.3) is 0 Å². The Labute approximate surface area is 145 Å². The zero-order chi connectivity index (χ0) is 16.8. The van der Waals surface area contributed by atoms with Crippen LogP contribution < -0.4 is 5.32 Å². The second-order valence-electron chi connectivity index (χ2n) is 7.58. The Kier molecular flexibility index (Phi) is 6.22. The molecule has 1 aromatic heterocycles. The van der Waals surface area contributed by atoms with Gasteiger partial charge in [-0.15, -0.1) is 0 Å². The molecule has 0 aliphatic carbocycles. The Bertz CT molecular complexity index is 491. The van der Waals surface area contributed by atoms with Crippen LogP contribution in [0.2, 0.25) is 0 Å². The van der Waals surface area contributed by atoms with Crippen molar-refractivity contribution in [3.8, 4) is 0 Å². The van der Waals surface area contributed by atoms with Crippen molar-refractivity contribution in [2.24, 2.45) is 11.3 Å². The van der Waals surface area contributed by atoms with Gasteiger partial charge < -0.3 is 15.2 Å². The van der Waals surface area contributed by atoms with Crippen LogP contribution in [0.4, 0.5) is 0 Å². The summed E-state index contributed by atoms with van der Waals surface area (Å²) in [7, 11) is 0. The van der Waals surface area contributed by atoms with E-state index in [9.17, 15) is 5.11 Å². The Morgan fingerprint density at radius 3 is 2.88 bits per heavy atom. The van der Waals surface area contributed by atoms with E-state index in [0.29, 0.717) is 12.0 Å². The third kappa shape index (κ3) is 4.54. The fourth-order valence-electron chi connectivity index (χ4n) is 3.94. The number of aromatic nitrogens is 1. The number of pyridine rings is 1. The van der Waals surface area contributed by atoms with Crippen LogP contribution in [-0.4, -0.2) is 60.5 Å². The zero-order valence-corrected chi connectivity index (χ0v) is 14.8. The molecule has 134 valence electrons. The average Bonchev–Trinajstić information content (AvgIpc) is 2.63. The number of aliphatic hydroxyl groups is 1. The van der Waals surface area contributed by atoms with Gasteiger partial charge in [0.05, 0.1) is 12.3 Å². The summed E-state index contributed by atoms with van der Waals surface area (Å²) in [6.45, 7) is 8.20. The average molecular weight is 333 g/mol. The predicted octanol–water partition coefficient (Wildman–Crippen LogP) is 1.67. The Morgan fingerprint density at radius 1 is 1.38 bits per heavy atom. The Morgan fingerprint density at radius 2 is 2.21 bits per heavy atom. The number of ether oxygens (including phenoxy) is 1. The molecule has 2 unspecified atom stereocenters. The molecule has 1 aromatic rings. The van der Waals surface area contributed by atoms with Crippen LogP contribution >= 0.6 is 0 Å². The van der Waals surface area contributed by atoms with Gasteiger partial charge >= 0.3 is 0 Å².